The normalized spacial score (nSPS) is 27.2. The van der Waals surface area contributed by atoms with Crippen LogP contribution in [-0.2, 0) is 0 Å². The van der Waals surface area contributed by atoms with Crippen molar-refractivity contribution in [2.45, 2.75) is 72.5 Å². The standard InChI is InChI=1S/C21H35FN2/c1-13(2)21-23-12-19(17(6)24-21)15(4)8-7-14(3)18-9-10-20(22)16(5)11-18/h9-11,13-15,17,19,21,23-24H,7-8,12H2,1-6H3. The molecule has 5 atom stereocenters. The maximum Gasteiger partial charge on any atom is 0.126 e. The molecule has 3 heteroatoms. The molecule has 2 rings (SSSR count). The monoisotopic (exact) mass is 334 g/mol. The van der Waals surface area contributed by atoms with Crippen molar-refractivity contribution in [3.63, 3.8) is 0 Å². The Morgan fingerprint density at radius 3 is 2.46 bits per heavy atom. The van der Waals surface area contributed by atoms with Crippen LogP contribution in [0.1, 0.15) is 64.5 Å². The minimum atomic E-state index is -0.104. The van der Waals surface area contributed by atoms with Crippen molar-refractivity contribution < 1.29 is 4.39 Å². The van der Waals surface area contributed by atoms with Crippen LogP contribution in [0, 0.1) is 30.5 Å². The summed E-state index contributed by atoms with van der Waals surface area (Å²) in [5.41, 5.74) is 2.01. The van der Waals surface area contributed by atoms with Gasteiger partial charge < -0.3 is 5.32 Å². The van der Waals surface area contributed by atoms with Gasteiger partial charge in [0.05, 0.1) is 6.17 Å². The van der Waals surface area contributed by atoms with Crippen LogP contribution in [0.15, 0.2) is 18.2 Å². The third kappa shape index (κ3) is 4.80. The molecule has 2 nitrogen and oxygen atoms in total. The van der Waals surface area contributed by atoms with Crippen molar-refractivity contribution in [3.8, 4) is 0 Å². The second kappa shape index (κ2) is 8.44. The van der Waals surface area contributed by atoms with E-state index in [1.54, 1.807) is 6.07 Å². The van der Waals surface area contributed by atoms with Crippen molar-refractivity contribution in [2.75, 3.05) is 6.54 Å². The van der Waals surface area contributed by atoms with E-state index in [0.29, 0.717) is 35.9 Å². The molecule has 1 saturated heterocycles. The molecular weight excluding hydrogens is 299 g/mol. The zero-order chi connectivity index (χ0) is 17.9. The molecule has 136 valence electrons. The van der Waals surface area contributed by atoms with E-state index in [4.69, 9.17) is 0 Å². The first-order valence-corrected chi connectivity index (χ1v) is 9.55. The topological polar surface area (TPSA) is 24.1 Å². The van der Waals surface area contributed by atoms with Gasteiger partial charge in [0.2, 0.25) is 0 Å². The fraction of sp³-hybridized carbons (Fsp3) is 0.714. The van der Waals surface area contributed by atoms with E-state index in [1.165, 1.54) is 12.0 Å². The predicted molar refractivity (Wildman–Crippen MR) is 101 cm³/mol. The molecule has 5 unspecified atom stereocenters. The molecule has 0 aliphatic carbocycles. The number of halogens is 1. The summed E-state index contributed by atoms with van der Waals surface area (Å²) in [6, 6.07) is 6.10. The van der Waals surface area contributed by atoms with E-state index < -0.39 is 0 Å². The van der Waals surface area contributed by atoms with Crippen molar-refractivity contribution in [2.24, 2.45) is 17.8 Å². The highest BCUT2D eigenvalue weighted by Gasteiger charge is 2.31. The molecule has 1 aromatic rings. The van der Waals surface area contributed by atoms with Crippen LogP contribution in [0.3, 0.4) is 0 Å². The van der Waals surface area contributed by atoms with Crippen molar-refractivity contribution in [1.82, 2.24) is 10.6 Å². The SMILES string of the molecule is Cc1cc(C(C)CCC(C)C2CNC(C(C)C)NC2C)ccc1F. The molecule has 1 heterocycles. The van der Waals surface area contributed by atoms with Crippen LogP contribution in [0.2, 0.25) is 0 Å². The summed E-state index contributed by atoms with van der Waals surface area (Å²) < 4.78 is 13.4. The van der Waals surface area contributed by atoms with Gasteiger partial charge in [0.25, 0.3) is 0 Å². The molecule has 0 spiro atoms. The minimum Gasteiger partial charge on any atom is -0.301 e. The summed E-state index contributed by atoms with van der Waals surface area (Å²) in [5, 5.41) is 7.39. The van der Waals surface area contributed by atoms with Crippen LogP contribution in [0.4, 0.5) is 4.39 Å². The first-order chi connectivity index (χ1) is 11.3. The van der Waals surface area contributed by atoms with Gasteiger partial charge in [0, 0.05) is 12.6 Å². The minimum absolute atomic E-state index is 0.104. The Labute approximate surface area is 147 Å². The Morgan fingerprint density at radius 1 is 1.17 bits per heavy atom. The third-order valence-electron chi connectivity index (χ3n) is 5.86. The maximum absolute atomic E-state index is 13.4. The summed E-state index contributed by atoms with van der Waals surface area (Å²) in [6.07, 6.45) is 2.80. The molecular formula is C21H35FN2. The number of benzene rings is 1. The van der Waals surface area contributed by atoms with Gasteiger partial charge >= 0.3 is 0 Å². The molecule has 1 fully saturated rings. The van der Waals surface area contributed by atoms with Gasteiger partial charge in [-0.15, -0.1) is 0 Å². The first kappa shape index (κ1) is 19.4. The van der Waals surface area contributed by atoms with Gasteiger partial charge in [-0.3, -0.25) is 5.32 Å². The summed E-state index contributed by atoms with van der Waals surface area (Å²) >= 11 is 0. The number of hydrogen-bond acceptors (Lipinski definition) is 2. The fourth-order valence-corrected chi connectivity index (χ4v) is 3.90. The van der Waals surface area contributed by atoms with E-state index in [9.17, 15) is 4.39 Å². The second-order valence-corrected chi connectivity index (χ2v) is 8.21. The maximum atomic E-state index is 13.4. The second-order valence-electron chi connectivity index (χ2n) is 8.21. The third-order valence-corrected chi connectivity index (χ3v) is 5.86. The molecule has 0 amide bonds. The highest BCUT2D eigenvalue weighted by molar-refractivity contribution is 5.26. The lowest BCUT2D eigenvalue weighted by molar-refractivity contribution is 0.149. The van der Waals surface area contributed by atoms with Gasteiger partial charge in [0.15, 0.2) is 0 Å². The van der Waals surface area contributed by atoms with E-state index in [-0.39, 0.29) is 5.82 Å². The number of hydrogen-bond donors (Lipinski definition) is 2. The molecule has 1 aliphatic rings. The van der Waals surface area contributed by atoms with Crippen LogP contribution >= 0.6 is 0 Å². The van der Waals surface area contributed by atoms with Gasteiger partial charge in [0.1, 0.15) is 5.82 Å². The molecule has 1 aliphatic heterocycles. The highest BCUT2D eigenvalue weighted by atomic mass is 19.1. The summed E-state index contributed by atoms with van der Waals surface area (Å²) in [7, 11) is 0. The summed E-state index contributed by atoms with van der Waals surface area (Å²) in [4.78, 5) is 0. The molecule has 0 aromatic heterocycles. The lowest BCUT2D eigenvalue weighted by Crippen LogP contribution is -2.60. The predicted octanol–water partition coefficient (Wildman–Crippen LogP) is 4.83. The van der Waals surface area contributed by atoms with Gasteiger partial charge in [-0.05, 0) is 67.6 Å². The fourth-order valence-electron chi connectivity index (χ4n) is 3.90. The number of aryl methyl sites for hydroxylation is 1. The first-order valence-electron chi connectivity index (χ1n) is 9.55. The molecule has 2 N–H and O–H groups in total. The van der Waals surface area contributed by atoms with Crippen molar-refractivity contribution >= 4 is 0 Å². The van der Waals surface area contributed by atoms with Gasteiger partial charge in [-0.2, -0.15) is 0 Å². The molecule has 24 heavy (non-hydrogen) atoms. The van der Waals surface area contributed by atoms with Gasteiger partial charge in [-0.1, -0.05) is 39.8 Å². The number of rotatable bonds is 6. The Kier molecular flexibility index (Phi) is 6.82. The van der Waals surface area contributed by atoms with Crippen LogP contribution in [0.25, 0.3) is 0 Å². The molecule has 0 saturated carbocycles. The largest absolute Gasteiger partial charge is 0.301 e. The summed E-state index contributed by atoms with van der Waals surface area (Å²) in [5.74, 6) is 2.34. The lowest BCUT2D eigenvalue weighted by Gasteiger charge is -2.41. The average molecular weight is 335 g/mol. The average Bonchev–Trinajstić information content (AvgIpc) is 2.54. The quantitative estimate of drug-likeness (QED) is 0.778. The Bertz CT molecular complexity index is 529. The highest BCUT2D eigenvalue weighted by Crippen LogP contribution is 2.29. The number of nitrogens with one attached hydrogen (secondary N) is 2. The van der Waals surface area contributed by atoms with Crippen molar-refractivity contribution in [3.05, 3.63) is 35.1 Å². The zero-order valence-electron chi connectivity index (χ0n) is 16.2. The van der Waals surface area contributed by atoms with E-state index in [1.807, 2.05) is 19.1 Å². The van der Waals surface area contributed by atoms with Gasteiger partial charge in [-0.25, -0.2) is 4.39 Å². The summed E-state index contributed by atoms with van der Waals surface area (Å²) in [6.45, 7) is 14.4. The van der Waals surface area contributed by atoms with E-state index in [2.05, 4.69) is 45.3 Å². The Morgan fingerprint density at radius 2 is 1.88 bits per heavy atom. The van der Waals surface area contributed by atoms with Crippen LogP contribution < -0.4 is 10.6 Å². The van der Waals surface area contributed by atoms with Crippen LogP contribution in [0.5, 0.6) is 0 Å². The van der Waals surface area contributed by atoms with Crippen LogP contribution in [-0.4, -0.2) is 18.8 Å². The Balaban J connectivity index is 1.86. The van der Waals surface area contributed by atoms with Crippen molar-refractivity contribution in [1.29, 1.82) is 0 Å². The smallest absolute Gasteiger partial charge is 0.126 e. The molecule has 0 radical (unpaired) electrons. The van der Waals surface area contributed by atoms with E-state index >= 15 is 0 Å². The molecule has 1 aromatic carbocycles. The Hall–Kier alpha value is -0.930. The van der Waals surface area contributed by atoms with E-state index in [0.717, 1.165) is 18.5 Å². The molecule has 0 bridgehead atoms. The zero-order valence-corrected chi connectivity index (χ0v) is 16.2. The lowest BCUT2D eigenvalue weighted by atomic mass is 9.80.